The molecule has 2 aliphatic rings. The van der Waals surface area contributed by atoms with Crippen molar-refractivity contribution in [2.24, 2.45) is 5.41 Å². The highest BCUT2D eigenvalue weighted by Crippen LogP contribution is 2.30. The van der Waals surface area contributed by atoms with E-state index in [1.54, 1.807) is 0 Å². The predicted molar refractivity (Wildman–Crippen MR) is 79.2 cm³/mol. The molecule has 2 saturated heterocycles. The molecule has 2 aliphatic heterocycles. The summed E-state index contributed by atoms with van der Waals surface area (Å²) >= 11 is 0. The average molecular weight is 280 g/mol. The Hall–Kier alpha value is -1.06. The van der Waals surface area contributed by atoms with Crippen LogP contribution in [-0.4, -0.2) is 47.3 Å². The molecule has 2 amide bonds. The molecule has 20 heavy (non-hydrogen) atoms. The highest BCUT2D eigenvalue weighted by atomic mass is 16.2. The molecule has 0 aromatic heterocycles. The molecular weight excluding hydrogens is 252 g/mol. The fourth-order valence-corrected chi connectivity index (χ4v) is 3.40. The molecule has 2 heterocycles. The molecule has 0 unspecified atom stereocenters. The number of likely N-dealkylation sites (tertiary alicyclic amines) is 2. The van der Waals surface area contributed by atoms with Gasteiger partial charge in [0.25, 0.3) is 0 Å². The molecule has 2 rings (SSSR count). The number of hydrogen-bond acceptors (Lipinski definition) is 2. The number of hydrogen-bond donors (Lipinski definition) is 0. The Kier molecular flexibility index (Phi) is 4.71. The third-order valence-corrected chi connectivity index (χ3v) is 4.31. The minimum atomic E-state index is 0.213. The van der Waals surface area contributed by atoms with Crippen LogP contribution in [0.5, 0.6) is 0 Å². The Morgan fingerprint density at radius 1 is 1.25 bits per heavy atom. The molecule has 114 valence electrons. The van der Waals surface area contributed by atoms with E-state index in [0.29, 0.717) is 25.4 Å². The Morgan fingerprint density at radius 3 is 2.60 bits per heavy atom. The lowest BCUT2D eigenvalue weighted by Gasteiger charge is -2.31. The van der Waals surface area contributed by atoms with Gasteiger partial charge < -0.3 is 9.80 Å². The number of carbonyl (C=O) groups excluding carboxylic acids is 2. The molecule has 2 fully saturated rings. The maximum absolute atomic E-state index is 12.4. The summed E-state index contributed by atoms with van der Waals surface area (Å²) in [6.45, 7) is 9.03. The van der Waals surface area contributed by atoms with Crippen LogP contribution in [0, 0.1) is 5.41 Å². The van der Waals surface area contributed by atoms with E-state index in [1.807, 2.05) is 4.90 Å². The van der Waals surface area contributed by atoms with E-state index in [9.17, 15) is 9.59 Å². The van der Waals surface area contributed by atoms with Crippen LogP contribution in [0.4, 0.5) is 0 Å². The fraction of sp³-hybridized carbons (Fsp3) is 0.875. The topological polar surface area (TPSA) is 40.6 Å². The Bertz CT molecular complexity index is 373. The van der Waals surface area contributed by atoms with Gasteiger partial charge in [0, 0.05) is 38.5 Å². The van der Waals surface area contributed by atoms with Gasteiger partial charge in [0.05, 0.1) is 0 Å². The van der Waals surface area contributed by atoms with Crippen molar-refractivity contribution < 1.29 is 9.59 Å². The zero-order chi connectivity index (χ0) is 14.8. The lowest BCUT2D eigenvalue weighted by atomic mass is 9.87. The summed E-state index contributed by atoms with van der Waals surface area (Å²) in [6.07, 6.45) is 5.42. The molecule has 4 nitrogen and oxygen atoms in total. The van der Waals surface area contributed by atoms with Crippen molar-refractivity contribution in [2.75, 3.05) is 19.6 Å². The summed E-state index contributed by atoms with van der Waals surface area (Å²) in [5, 5.41) is 0. The van der Waals surface area contributed by atoms with Crippen molar-refractivity contribution in [2.45, 2.75) is 65.3 Å². The Morgan fingerprint density at radius 2 is 2.00 bits per heavy atom. The highest BCUT2D eigenvalue weighted by Gasteiger charge is 2.32. The second-order valence-electron chi connectivity index (χ2n) is 7.38. The molecule has 0 radical (unpaired) electrons. The summed E-state index contributed by atoms with van der Waals surface area (Å²) in [7, 11) is 0. The monoisotopic (exact) mass is 280 g/mol. The lowest BCUT2D eigenvalue weighted by Crippen LogP contribution is -2.39. The zero-order valence-corrected chi connectivity index (χ0v) is 13.2. The third-order valence-electron chi connectivity index (χ3n) is 4.31. The molecule has 0 aromatic rings. The quantitative estimate of drug-likeness (QED) is 0.793. The second kappa shape index (κ2) is 6.15. The first-order valence-electron chi connectivity index (χ1n) is 7.94. The average Bonchev–Trinajstić information content (AvgIpc) is 2.93. The third kappa shape index (κ3) is 3.97. The summed E-state index contributed by atoms with van der Waals surface area (Å²) < 4.78 is 0. The minimum absolute atomic E-state index is 0.213. The first-order valence-corrected chi connectivity index (χ1v) is 7.94. The maximum atomic E-state index is 12.4. The van der Waals surface area contributed by atoms with Crippen LogP contribution in [0.25, 0.3) is 0 Å². The molecule has 0 aliphatic carbocycles. The van der Waals surface area contributed by atoms with Crippen LogP contribution in [0.15, 0.2) is 0 Å². The minimum Gasteiger partial charge on any atom is -0.342 e. The van der Waals surface area contributed by atoms with Gasteiger partial charge in [-0.1, -0.05) is 20.8 Å². The van der Waals surface area contributed by atoms with Gasteiger partial charge >= 0.3 is 0 Å². The van der Waals surface area contributed by atoms with E-state index in [4.69, 9.17) is 0 Å². The summed E-state index contributed by atoms with van der Waals surface area (Å²) in [5.41, 5.74) is 0.262. The molecule has 0 saturated carbocycles. The Balaban J connectivity index is 1.83. The van der Waals surface area contributed by atoms with E-state index in [-0.39, 0.29) is 17.2 Å². The Labute approximate surface area is 122 Å². The van der Waals surface area contributed by atoms with Gasteiger partial charge in [0.1, 0.15) is 0 Å². The van der Waals surface area contributed by atoms with Crippen molar-refractivity contribution in [1.82, 2.24) is 9.80 Å². The van der Waals surface area contributed by atoms with E-state index in [1.165, 1.54) is 0 Å². The smallest absolute Gasteiger partial charge is 0.224 e. The summed E-state index contributed by atoms with van der Waals surface area (Å²) in [6, 6.07) is 0.400. The van der Waals surface area contributed by atoms with E-state index in [0.717, 1.165) is 38.8 Å². The molecule has 1 atom stereocenters. The SMILES string of the molecule is CC(C)(C)C[C@@H]1CCCN1C(=O)CCN1CCCC1=O. The number of nitrogens with zero attached hydrogens (tertiary/aromatic N) is 2. The molecule has 4 heteroatoms. The van der Waals surface area contributed by atoms with E-state index < -0.39 is 0 Å². The van der Waals surface area contributed by atoms with Crippen molar-refractivity contribution in [3.8, 4) is 0 Å². The first kappa shape index (κ1) is 15.3. The normalized spacial score (nSPS) is 23.8. The first-order chi connectivity index (χ1) is 9.37. The largest absolute Gasteiger partial charge is 0.342 e. The van der Waals surface area contributed by atoms with Crippen molar-refractivity contribution in [3.05, 3.63) is 0 Å². The van der Waals surface area contributed by atoms with Crippen LogP contribution in [0.1, 0.15) is 59.3 Å². The molecule has 0 N–H and O–H groups in total. The van der Waals surface area contributed by atoms with Gasteiger partial charge in [0.2, 0.25) is 11.8 Å². The second-order valence-corrected chi connectivity index (χ2v) is 7.38. The van der Waals surface area contributed by atoms with Crippen LogP contribution in [-0.2, 0) is 9.59 Å². The number of carbonyl (C=O) groups is 2. The predicted octanol–water partition coefficient (Wildman–Crippen LogP) is 2.43. The maximum Gasteiger partial charge on any atom is 0.224 e. The van der Waals surface area contributed by atoms with E-state index in [2.05, 4.69) is 25.7 Å². The summed E-state index contributed by atoms with van der Waals surface area (Å²) in [5.74, 6) is 0.446. The standard InChI is InChI=1S/C16H28N2O2/c1-16(2,3)12-13-6-4-10-18(13)15(20)8-11-17-9-5-7-14(17)19/h13H,4-12H2,1-3H3/t13-/m0/s1. The number of rotatable bonds is 4. The fourth-order valence-electron chi connectivity index (χ4n) is 3.40. The van der Waals surface area contributed by atoms with Crippen LogP contribution in [0.3, 0.4) is 0 Å². The highest BCUT2D eigenvalue weighted by molar-refractivity contribution is 5.80. The lowest BCUT2D eigenvalue weighted by molar-refractivity contribution is -0.133. The molecule has 0 aromatic carbocycles. The van der Waals surface area contributed by atoms with Crippen molar-refractivity contribution in [3.63, 3.8) is 0 Å². The molecule has 0 bridgehead atoms. The van der Waals surface area contributed by atoms with Gasteiger partial charge in [-0.2, -0.15) is 0 Å². The van der Waals surface area contributed by atoms with Gasteiger partial charge in [-0.25, -0.2) is 0 Å². The van der Waals surface area contributed by atoms with Gasteiger partial charge in [-0.3, -0.25) is 9.59 Å². The zero-order valence-electron chi connectivity index (χ0n) is 13.2. The van der Waals surface area contributed by atoms with Gasteiger partial charge in [-0.15, -0.1) is 0 Å². The van der Waals surface area contributed by atoms with E-state index >= 15 is 0 Å². The van der Waals surface area contributed by atoms with Gasteiger partial charge in [-0.05, 0) is 31.1 Å². The van der Waals surface area contributed by atoms with Crippen LogP contribution in [0.2, 0.25) is 0 Å². The summed E-state index contributed by atoms with van der Waals surface area (Å²) in [4.78, 5) is 27.9. The molecular formula is C16H28N2O2. The molecule has 0 spiro atoms. The number of amides is 2. The van der Waals surface area contributed by atoms with Gasteiger partial charge in [0.15, 0.2) is 0 Å². The van der Waals surface area contributed by atoms with Crippen LogP contribution < -0.4 is 0 Å². The van der Waals surface area contributed by atoms with Crippen LogP contribution >= 0.6 is 0 Å². The van der Waals surface area contributed by atoms with Crippen molar-refractivity contribution >= 4 is 11.8 Å². The van der Waals surface area contributed by atoms with Crippen molar-refractivity contribution in [1.29, 1.82) is 0 Å².